The van der Waals surface area contributed by atoms with Crippen molar-refractivity contribution < 1.29 is 9.53 Å². The van der Waals surface area contributed by atoms with E-state index in [1.54, 1.807) is 7.11 Å². The lowest BCUT2D eigenvalue weighted by molar-refractivity contribution is 0.0987. The minimum atomic E-state index is 0.112. The van der Waals surface area contributed by atoms with Crippen LogP contribution in [0.15, 0.2) is 18.2 Å². The maximum absolute atomic E-state index is 12.2. The molecule has 0 aromatic heterocycles. The van der Waals surface area contributed by atoms with Gasteiger partial charge in [0.25, 0.3) is 0 Å². The van der Waals surface area contributed by atoms with Crippen LogP contribution in [0.5, 0.6) is 5.75 Å². The van der Waals surface area contributed by atoms with Crippen molar-refractivity contribution in [3.8, 4) is 5.75 Å². The van der Waals surface area contributed by atoms with Crippen molar-refractivity contribution in [3.05, 3.63) is 29.3 Å². The van der Waals surface area contributed by atoms with Gasteiger partial charge in [0.05, 0.1) is 19.2 Å². The van der Waals surface area contributed by atoms with E-state index >= 15 is 0 Å². The lowest BCUT2D eigenvalue weighted by Gasteiger charge is -2.12. The first-order valence-corrected chi connectivity index (χ1v) is 6.56. The average Bonchev–Trinajstić information content (AvgIpc) is 3.19. The van der Waals surface area contributed by atoms with Gasteiger partial charge in [-0.2, -0.15) is 0 Å². The molecule has 2 rings (SSSR count). The third kappa shape index (κ3) is 3.10. The quantitative estimate of drug-likeness (QED) is 0.785. The number of methoxy groups -OCH3 is 1. The molecule has 0 atom stereocenters. The number of nitrogens with one attached hydrogen (secondary N) is 1. The Morgan fingerprint density at radius 1 is 1.44 bits per heavy atom. The maximum Gasteiger partial charge on any atom is 0.180 e. The fourth-order valence-corrected chi connectivity index (χ4v) is 1.92. The Kier molecular flexibility index (Phi) is 4.02. The third-order valence-electron chi connectivity index (χ3n) is 3.32. The van der Waals surface area contributed by atoms with Gasteiger partial charge in [0.2, 0.25) is 0 Å². The zero-order valence-electron chi connectivity index (χ0n) is 11.3. The Morgan fingerprint density at radius 3 is 2.72 bits per heavy atom. The summed E-state index contributed by atoms with van der Waals surface area (Å²) in [4.78, 5) is 12.2. The van der Waals surface area contributed by atoms with Crippen LogP contribution >= 0.6 is 0 Å². The highest BCUT2D eigenvalue weighted by molar-refractivity contribution is 6.00. The first-order valence-electron chi connectivity index (χ1n) is 6.56. The minimum absolute atomic E-state index is 0.112. The van der Waals surface area contributed by atoms with E-state index < -0.39 is 0 Å². The third-order valence-corrected chi connectivity index (χ3v) is 3.32. The van der Waals surface area contributed by atoms with Gasteiger partial charge in [-0.1, -0.05) is 19.9 Å². The molecule has 1 N–H and O–H groups in total. The van der Waals surface area contributed by atoms with E-state index in [1.165, 1.54) is 18.4 Å². The average molecular weight is 247 g/mol. The molecule has 1 aliphatic rings. The summed E-state index contributed by atoms with van der Waals surface area (Å²) in [6.45, 7) is 4.65. The minimum Gasteiger partial charge on any atom is -0.496 e. The summed E-state index contributed by atoms with van der Waals surface area (Å²) >= 11 is 0. The van der Waals surface area contributed by atoms with Crippen molar-refractivity contribution >= 4 is 5.78 Å². The molecule has 0 aliphatic heterocycles. The Bertz CT molecular complexity index is 436. The van der Waals surface area contributed by atoms with Crippen LogP contribution in [-0.4, -0.2) is 25.5 Å². The molecule has 0 radical (unpaired) electrons. The molecule has 3 heteroatoms. The Balaban J connectivity index is 2.16. The highest BCUT2D eigenvalue weighted by atomic mass is 16.5. The fourth-order valence-electron chi connectivity index (χ4n) is 1.92. The van der Waals surface area contributed by atoms with Crippen molar-refractivity contribution in [1.82, 2.24) is 5.32 Å². The number of ether oxygens (including phenoxy) is 1. The molecule has 0 saturated heterocycles. The number of benzene rings is 1. The Hall–Kier alpha value is -1.35. The molecule has 1 aromatic rings. The van der Waals surface area contributed by atoms with Gasteiger partial charge in [-0.05, 0) is 36.5 Å². The number of rotatable bonds is 6. The van der Waals surface area contributed by atoms with E-state index in [1.807, 2.05) is 18.2 Å². The van der Waals surface area contributed by atoms with Gasteiger partial charge in [-0.15, -0.1) is 0 Å². The van der Waals surface area contributed by atoms with E-state index in [-0.39, 0.29) is 5.78 Å². The Morgan fingerprint density at radius 2 is 2.17 bits per heavy atom. The molecule has 0 heterocycles. The topological polar surface area (TPSA) is 38.3 Å². The van der Waals surface area contributed by atoms with Crippen molar-refractivity contribution in [2.75, 3.05) is 13.7 Å². The molecule has 1 saturated carbocycles. The molecule has 0 spiro atoms. The van der Waals surface area contributed by atoms with Crippen LogP contribution in [0.25, 0.3) is 0 Å². The van der Waals surface area contributed by atoms with Crippen molar-refractivity contribution in [3.63, 3.8) is 0 Å². The molecule has 1 aromatic carbocycles. The second kappa shape index (κ2) is 5.53. The first kappa shape index (κ1) is 13.1. The molecule has 0 bridgehead atoms. The maximum atomic E-state index is 12.2. The predicted octanol–water partition coefficient (Wildman–Crippen LogP) is 2.75. The summed E-state index contributed by atoms with van der Waals surface area (Å²) in [5, 5.41) is 3.25. The van der Waals surface area contributed by atoms with Crippen molar-refractivity contribution in [2.45, 2.75) is 38.6 Å². The van der Waals surface area contributed by atoms with Gasteiger partial charge in [-0.3, -0.25) is 4.79 Å². The summed E-state index contributed by atoms with van der Waals surface area (Å²) in [6.07, 6.45) is 2.38. The van der Waals surface area contributed by atoms with E-state index in [9.17, 15) is 4.79 Å². The van der Waals surface area contributed by atoms with Gasteiger partial charge < -0.3 is 10.1 Å². The molecule has 0 amide bonds. The highest BCUT2D eigenvalue weighted by Gasteiger charge is 2.22. The van der Waals surface area contributed by atoms with Crippen LogP contribution in [0.4, 0.5) is 0 Å². The van der Waals surface area contributed by atoms with E-state index in [4.69, 9.17) is 4.74 Å². The smallest absolute Gasteiger partial charge is 0.180 e. The summed E-state index contributed by atoms with van der Waals surface area (Å²) in [5.41, 5.74) is 1.86. The lowest BCUT2D eigenvalue weighted by Crippen LogP contribution is -2.25. The number of hydrogen-bond acceptors (Lipinski definition) is 3. The van der Waals surface area contributed by atoms with E-state index in [0.29, 0.717) is 29.8 Å². The van der Waals surface area contributed by atoms with Gasteiger partial charge >= 0.3 is 0 Å². The summed E-state index contributed by atoms with van der Waals surface area (Å²) in [6, 6.07) is 6.42. The zero-order valence-corrected chi connectivity index (χ0v) is 11.3. The van der Waals surface area contributed by atoms with Crippen molar-refractivity contribution in [1.29, 1.82) is 0 Å². The monoisotopic (exact) mass is 247 g/mol. The zero-order chi connectivity index (χ0) is 13.1. The SMILES string of the molecule is COc1ccc(C(C)C)cc1C(=O)CNC1CC1. The number of ketones is 1. The van der Waals surface area contributed by atoms with Gasteiger partial charge in [-0.25, -0.2) is 0 Å². The standard InChI is InChI=1S/C15H21NO2/c1-10(2)11-4-7-15(18-3)13(8-11)14(17)9-16-12-5-6-12/h4,7-8,10,12,16H,5-6,9H2,1-3H3. The largest absolute Gasteiger partial charge is 0.496 e. The normalized spacial score (nSPS) is 14.9. The summed E-state index contributed by atoms with van der Waals surface area (Å²) in [5.74, 6) is 1.20. The molecule has 1 fully saturated rings. The molecule has 0 unspecified atom stereocenters. The van der Waals surface area contributed by atoms with Crippen LogP contribution in [0.3, 0.4) is 0 Å². The van der Waals surface area contributed by atoms with Gasteiger partial charge in [0.15, 0.2) is 5.78 Å². The fraction of sp³-hybridized carbons (Fsp3) is 0.533. The molecule has 1 aliphatic carbocycles. The van der Waals surface area contributed by atoms with Crippen LogP contribution in [0.2, 0.25) is 0 Å². The molecular formula is C15H21NO2. The van der Waals surface area contributed by atoms with Crippen molar-refractivity contribution in [2.24, 2.45) is 0 Å². The van der Waals surface area contributed by atoms with Crippen LogP contribution in [-0.2, 0) is 0 Å². The van der Waals surface area contributed by atoms with E-state index in [2.05, 4.69) is 19.2 Å². The van der Waals surface area contributed by atoms with Crippen LogP contribution in [0, 0.1) is 0 Å². The number of hydrogen-bond donors (Lipinski definition) is 1. The van der Waals surface area contributed by atoms with Gasteiger partial charge in [0, 0.05) is 6.04 Å². The summed E-state index contributed by atoms with van der Waals surface area (Å²) in [7, 11) is 1.61. The summed E-state index contributed by atoms with van der Waals surface area (Å²) < 4.78 is 5.28. The second-order valence-corrected chi connectivity index (χ2v) is 5.19. The number of carbonyl (C=O) groups excluding carboxylic acids is 1. The first-order chi connectivity index (χ1) is 8.61. The molecule has 18 heavy (non-hydrogen) atoms. The molecule has 3 nitrogen and oxygen atoms in total. The Labute approximate surface area is 109 Å². The molecule has 98 valence electrons. The highest BCUT2D eigenvalue weighted by Crippen LogP contribution is 2.25. The predicted molar refractivity (Wildman–Crippen MR) is 72.4 cm³/mol. The van der Waals surface area contributed by atoms with Gasteiger partial charge in [0.1, 0.15) is 5.75 Å². The lowest BCUT2D eigenvalue weighted by atomic mass is 9.98. The number of Topliss-reactive ketones (excluding diaryl/α,β-unsaturated/α-hetero) is 1. The second-order valence-electron chi connectivity index (χ2n) is 5.19. The molecular weight excluding hydrogens is 226 g/mol. The van der Waals surface area contributed by atoms with E-state index in [0.717, 1.165) is 0 Å². The number of carbonyl (C=O) groups is 1. The van der Waals surface area contributed by atoms with Crippen LogP contribution in [0.1, 0.15) is 48.5 Å². The van der Waals surface area contributed by atoms with Crippen LogP contribution < -0.4 is 10.1 Å².